The van der Waals surface area contributed by atoms with Crippen molar-refractivity contribution in [3.05, 3.63) is 36.4 Å². The van der Waals surface area contributed by atoms with Crippen LogP contribution in [-0.4, -0.2) is 13.4 Å². The summed E-state index contributed by atoms with van der Waals surface area (Å²) in [4.78, 5) is 4.22. The normalized spacial score (nSPS) is 12.0. The van der Waals surface area contributed by atoms with Crippen LogP contribution in [0.25, 0.3) is 11.3 Å². The van der Waals surface area contributed by atoms with E-state index in [1.54, 1.807) is 18.3 Å². The van der Waals surface area contributed by atoms with Crippen LogP contribution in [0.15, 0.2) is 39.8 Å². The second-order valence-corrected chi connectivity index (χ2v) is 6.75. The van der Waals surface area contributed by atoms with Crippen molar-refractivity contribution < 1.29 is 12.8 Å². The fourth-order valence-corrected chi connectivity index (χ4v) is 2.24. The van der Waals surface area contributed by atoms with E-state index in [1.807, 2.05) is 13.8 Å². The summed E-state index contributed by atoms with van der Waals surface area (Å²) in [7, 11) is 1.56. The van der Waals surface area contributed by atoms with E-state index < -0.39 is 9.05 Å². The lowest BCUT2D eigenvalue weighted by Crippen LogP contribution is -1.89. The van der Waals surface area contributed by atoms with E-state index in [1.165, 1.54) is 12.1 Å². The number of aromatic nitrogens is 1. The molecule has 2 aromatic rings. The summed E-state index contributed by atoms with van der Waals surface area (Å²) in [5, 5.41) is 0. The Hall–Kier alpha value is -1.33. The van der Waals surface area contributed by atoms with Crippen molar-refractivity contribution >= 4 is 19.7 Å². The second kappa shape index (κ2) is 4.74. The first-order valence-corrected chi connectivity index (χ1v) is 7.69. The summed E-state index contributed by atoms with van der Waals surface area (Å²) < 4.78 is 27.8. The Morgan fingerprint density at radius 2 is 1.83 bits per heavy atom. The number of hydrogen-bond acceptors (Lipinski definition) is 4. The fraction of sp³-hybridized carbons (Fsp3) is 0.250. The van der Waals surface area contributed by atoms with Gasteiger partial charge < -0.3 is 4.42 Å². The number of hydrogen-bond donors (Lipinski definition) is 0. The lowest BCUT2D eigenvalue weighted by atomic mass is 10.2. The third-order valence-electron chi connectivity index (χ3n) is 2.44. The Kier molecular flexibility index (Phi) is 3.45. The molecule has 0 unspecified atom stereocenters. The average Bonchev–Trinajstić information content (AvgIpc) is 2.77. The molecule has 0 spiro atoms. The van der Waals surface area contributed by atoms with Gasteiger partial charge in [-0.15, -0.1) is 0 Å². The SMILES string of the molecule is CC(C)c1ncc(-c2ccc(S(=O)(=O)Cl)cc2)o1. The van der Waals surface area contributed by atoms with Gasteiger partial charge in [-0.2, -0.15) is 0 Å². The van der Waals surface area contributed by atoms with E-state index in [0.717, 1.165) is 5.56 Å². The zero-order valence-electron chi connectivity index (χ0n) is 9.92. The second-order valence-electron chi connectivity index (χ2n) is 4.18. The van der Waals surface area contributed by atoms with Gasteiger partial charge in [-0.05, 0) is 24.3 Å². The van der Waals surface area contributed by atoms with Gasteiger partial charge in [-0.1, -0.05) is 13.8 Å². The molecule has 0 aliphatic rings. The highest BCUT2D eigenvalue weighted by atomic mass is 35.7. The lowest BCUT2D eigenvalue weighted by molar-refractivity contribution is 0.481. The van der Waals surface area contributed by atoms with Gasteiger partial charge in [-0.3, -0.25) is 0 Å². The van der Waals surface area contributed by atoms with Crippen molar-refractivity contribution in [2.24, 2.45) is 0 Å². The Bertz CT molecular complexity index is 644. The maximum absolute atomic E-state index is 11.1. The number of rotatable bonds is 3. The minimum Gasteiger partial charge on any atom is -0.440 e. The standard InChI is InChI=1S/C12H12ClNO3S/c1-8(2)12-14-7-11(17-12)9-3-5-10(6-4-9)18(13,15)16/h3-8H,1-2H3. The molecule has 1 heterocycles. The van der Waals surface area contributed by atoms with Gasteiger partial charge in [0.1, 0.15) is 0 Å². The molecule has 0 N–H and O–H groups in total. The average molecular weight is 286 g/mol. The molecule has 0 atom stereocenters. The topological polar surface area (TPSA) is 60.2 Å². The zero-order chi connectivity index (χ0) is 13.3. The van der Waals surface area contributed by atoms with Crippen LogP contribution in [-0.2, 0) is 9.05 Å². The highest BCUT2D eigenvalue weighted by molar-refractivity contribution is 8.13. The van der Waals surface area contributed by atoms with E-state index in [9.17, 15) is 8.42 Å². The largest absolute Gasteiger partial charge is 0.440 e. The molecule has 2 rings (SSSR count). The summed E-state index contributed by atoms with van der Waals surface area (Å²) in [5.74, 6) is 1.47. The minimum atomic E-state index is -3.68. The predicted octanol–water partition coefficient (Wildman–Crippen LogP) is 3.39. The van der Waals surface area contributed by atoms with Crippen LogP contribution < -0.4 is 0 Å². The summed E-state index contributed by atoms with van der Waals surface area (Å²) in [6.07, 6.45) is 1.62. The number of benzene rings is 1. The Morgan fingerprint density at radius 1 is 1.22 bits per heavy atom. The van der Waals surface area contributed by atoms with E-state index in [4.69, 9.17) is 15.1 Å². The first-order valence-electron chi connectivity index (χ1n) is 5.39. The van der Waals surface area contributed by atoms with Crippen molar-refractivity contribution in [3.63, 3.8) is 0 Å². The molecule has 1 aromatic carbocycles. The molecular weight excluding hydrogens is 274 g/mol. The molecule has 0 bridgehead atoms. The third-order valence-corrected chi connectivity index (χ3v) is 3.81. The molecule has 0 aliphatic heterocycles. The molecule has 0 radical (unpaired) electrons. The molecule has 0 saturated heterocycles. The monoisotopic (exact) mass is 285 g/mol. The first-order chi connectivity index (χ1) is 8.38. The summed E-state index contributed by atoms with van der Waals surface area (Å²) in [5.41, 5.74) is 0.762. The van der Waals surface area contributed by atoms with Crippen molar-refractivity contribution in [1.82, 2.24) is 4.98 Å². The van der Waals surface area contributed by atoms with Crippen LogP contribution >= 0.6 is 10.7 Å². The van der Waals surface area contributed by atoms with E-state index >= 15 is 0 Å². The first kappa shape index (κ1) is 13.1. The van der Waals surface area contributed by atoms with Crippen LogP contribution in [0.1, 0.15) is 25.7 Å². The molecule has 0 saturated carbocycles. The van der Waals surface area contributed by atoms with E-state index in [2.05, 4.69) is 4.98 Å². The molecule has 0 aliphatic carbocycles. The Labute approximate surface area is 110 Å². The number of nitrogens with zero attached hydrogens (tertiary/aromatic N) is 1. The van der Waals surface area contributed by atoms with Gasteiger partial charge in [0.05, 0.1) is 11.1 Å². The van der Waals surface area contributed by atoms with E-state index in [-0.39, 0.29) is 10.8 Å². The number of oxazole rings is 1. The maximum Gasteiger partial charge on any atom is 0.261 e. The van der Waals surface area contributed by atoms with Gasteiger partial charge in [0.25, 0.3) is 9.05 Å². The summed E-state index contributed by atoms with van der Waals surface area (Å²) in [6.45, 7) is 3.97. The van der Waals surface area contributed by atoms with Gasteiger partial charge in [0.15, 0.2) is 11.7 Å². The molecule has 18 heavy (non-hydrogen) atoms. The molecule has 96 valence electrons. The highest BCUT2D eigenvalue weighted by Gasteiger charge is 2.12. The predicted molar refractivity (Wildman–Crippen MR) is 69.1 cm³/mol. The van der Waals surface area contributed by atoms with Crippen LogP contribution in [0.3, 0.4) is 0 Å². The zero-order valence-corrected chi connectivity index (χ0v) is 11.5. The van der Waals surface area contributed by atoms with Crippen molar-refractivity contribution in [2.45, 2.75) is 24.7 Å². The van der Waals surface area contributed by atoms with Crippen molar-refractivity contribution in [3.8, 4) is 11.3 Å². The van der Waals surface area contributed by atoms with Crippen molar-refractivity contribution in [2.75, 3.05) is 0 Å². The quantitative estimate of drug-likeness (QED) is 0.811. The molecule has 0 fully saturated rings. The molecule has 1 aromatic heterocycles. The van der Waals surface area contributed by atoms with Gasteiger partial charge in [0, 0.05) is 22.2 Å². The Morgan fingerprint density at radius 3 is 2.28 bits per heavy atom. The molecular formula is C12H12ClNO3S. The summed E-state index contributed by atoms with van der Waals surface area (Å²) in [6, 6.07) is 6.16. The Balaban J connectivity index is 2.34. The van der Waals surface area contributed by atoms with Gasteiger partial charge >= 0.3 is 0 Å². The van der Waals surface area contributed by atoms with E-state index in [0.29, 0.717) is 11.7 Å². The van der Waals surface area contributed by atoms with Crippen LogP contribution in [0, 0.1) is 0 Å². The smallest absolute Gasteiger partial charge is 0.261 e. The molecule has 0 amide bonds. The lowest BCUT2D eigenvalue weighted by Gasteiger charge is -1.99. The minimum absolute atomic E-state index is 0.0662. The molecule has 4 nitrogen and oxygen atoms in total. The third kappa shape index (κ3) is 2.73. The van der Waals surface area contributed by atoms with Gasteiger partial charge in [0.2, 0.25) is 0 Å². The van der Waals surface area contributed by atoms with Crippen molar-refractivity contribution in [1.29, 1.82) is 0 Å². The summed E-state index contributed by atoms with van der Waals surface area (Å²) >= 11 is 0. The highest BCUT2D eigenvalue weighted by Crippen LogP contribution is 2.25. The fourth-order valence-electron chi connectivity index (χ4n) is 1.47. The van der Waals surface area contributed by atoms with Crippen LogP contribution in [0.5, 0.6) is 0 Å². The number of halogens is 1. The molecule has 6 heteroatoms. The maximum atomic E-state index is 11.1. The van der Waals surface area contributed by atoms with Crippen LogP contribution in [0.2, 0.25) is 0 Å². The van der Waals surface area contributed by atoms with Gasteiger partial charge in [-0.25, -0.2) is 13.4 Å². The van der Waals surface area contributed by atoms with Crippen LogP contribution in [0.4, 0.5) is 0 Å².